The molecule has 1 saturated heterocycles. The second-order valence-electron chi connectivity index (χ2n) is 8.08. The number of nitrogens with one attached hydrogen (secondary N) is 1. The van der Waals surface area contributed by atoms with Crippen molar-refractivity contribution >= 4 is 22.4 Å². The number of amides is 1. The molecule has 2 unspecified atom stereocenters. The highest BCUT2D eigenvalue weighted by molar-refractivity contribution is 5.85. The Balaban J connectivity index is 1.36. The molecule has 3 aromatic rings. The maximum absolute atomic E-state index is 14.7. The van der Waals surface area contributed by atoms with Gasteiger partial charge < -0.3 is 15.0 Å². The third-order valence-electron chi connectivity index (χ3n) is 5.44. The Morgan fingerprint density at radius 3 is 2.43 bits per heavy atom. The van der Waals surface area contributed by atoms with Crippen LogP contribution in [0.2, 0.25) is 0 Å². The zero-order chi connectivity index (χ0) is 21.1. The van der Waals surface area contributed by atoms with Crippen molar-refractivity contribution in [2.75, 3.05) is 18.0 Å². The van der Waals surface area contributed by atoms with Crippen LogP contribution in [-0.4, -0.2) is 31.2 Å². The second kappa shape index (κ2) is 8.84. The molecule has 1 aliphatic rings. The van der Waals surface area contributed by atoms with Crippen molar-refractivity contribution in [3.63, 3.8) is 0 Å². The highest BCUT2D eigenvalue weighted by Crippen LogP contribution is 2.24. The number of hydrogen-bond donors (Lipinski definition) is 1. The van der Waals surface area contributed by atoms with Crippen molar-refractivity contribution < 1.29 is 13.9 Å². The summed E-state index contributed by atoms with van der Waals surface area (Å²) in [6, 6.07) is 19.3. The molecule has 2 atom stereocenters. The van der Waals surface area contributed by atoms with E-state index in [-0.39, 0.29) is 23.9 Å². The predicted molar refractivity (Wildman–Crippen MR) is 118 cm³/mol. The topological polar surface area (TPSA) is 41.6 Å². The summed E-state index contributed by atoms with van der Waals surface area (Å²) >= 11 is 0. The SMILES string of the molecule is CC1CN(c2ccc(CNC(=O)Cc3ccc4ccccc4c3)cc2F)CC(C)O1. The van der Waals surface area contributed by atoms with Crippen molar-refractivity contribution in [1.29, 1.82) is 0 Å². The Bertz CT molecular complexity index is 1040. The molecular formula is C25H27FN2O2. The van der Waals surface area contributed by atoms with Crippen LogP contribution in [0.5, 0.6) is 0 Å². The Morgan fingerprint density at radius 1 is 1.00 bits per heavy atom. The van der Waals surface area contributed by atoms with Crippen LogP contribution in [-0.2, 0) is 22.5 Å². The average Bonchev–Trinajstić information content (AvgIpc) is 2.71. The average molecular weight is 407 g/mol. The summed E-state index contributed by atoms with van der Waals surface area (Å²) in [5.41, 5.74) is 2.30. The van der Waals surface area contributed by atoms with Gasteiger partial charge in [0, 0.05) is 19.6 Å². The number of benzene rings is 3. The zero-order valence-corrected chi connectivity index (χ0v) is 17.4. The summed E-state index contributed by atoms with van der Waals surface area (Å²) < 4.78 is 20.4. The second-order valence-corrected chi connectivity index (χ2v) is 8.08. The van der Waals surface area contributed by atoms with E-state index >= 15 is 0 Å². The van der Waals surface area contributed by atoms with Crippen LogP contribution in [0, 0.1) is 5.82 Å². The maximum Gasteiger partial charge on any atom is 0.224 e. The number of morpholine rings is 1. The van der Waals surface area contributed by atoms with E-state index in [2.05, 4.69) is 11.4 Å². The Labute approximate surface area is 176 Å². The lowest BCUT2D eigenvalue weighted by molar-refractivity contribution is -0.120. The molecule has 1 aliphatic heterocycles. The van der Waals surface area contributed by atoms with Crippen LogP contribution >= 0.6 is 0 Å². The fourth-order valence-electron chi connectivity index (χ4n) is 4.09. The largest absolute Gasteiger partial charge is 0.372 e. The van der Waals surface area contributed by atoms with Gasteiger partial charge in [0.25, 0.3) is 0 Å². The van der Waals surface area contributed by atoms with Gasteiger partial charge in [0.05, 0.1) is 24.3 Å². The Morgan fingerprint density at radius 2 is 1.70 bits per heavy atom. The molecule has 4 rings (SSSR count). The van der Waals surface area contributed by atoms with E-state index in [1.165, 1.54) is 6.07 Å². The number of carbonyl (C=O) groups excluding carboxylic acids is 1. The number of nitrogens with zero attached hydrogens (tertiary/aromatic N) is 1. The van der Waals surface area contributed by atoms with Gasteiger partial charge in [-0.3, -0.25) is 4.79 Å². The molecule has 156 valence electrons. The van der Waals surface area contributed by atoms with Crippen LogP contribution in [0.1, 0.15) is 25.0 Å². The molecule has 30 heavy (non-hydrogen) atoms. The first kappa shape index (κ1) is 20.4. The number of rotatable bonds is 5. The van der Waals surface area contributed by atoms with E-state index in [0.717, 1.165) is 21.9 Å². The molecule has 0 aromatic heterocycles. The molecule has 4 nitrogen and oxygen atoms in total. The van der Waals surface area contributed by atoms with Gasteiger partial charge in [-0.1, -0.05) is 48.5 Å². The van der Waals surface area contributed by atoms with Crippen LogP contribution < -0.4 is 10.2 Å². The number of carbonyl (C=O) groups is 1. The van der Waals surface area contributed by atoms with Gasteiger partial charge in [-0.2, -0.15) is 0 Å². The number of ether oxygens (including phenoxy) is 1. The molecule has 1 amide bonds. The first-order valence-corrected chi connectivity index (χ1v) is 10.4. The zero-order valence-electron chi connectivity index (χ0n) is 17.4. The molecule has 3 aromatic carbocycles. The van der Waals surface area contributed by atoms with Gasteiger partial charge in [0.1, 0.15) is 5.82 Å². The van der Waals surface area contributed by atoms with Gasteiger partial charge in [-0.05, 0) is 47.9 Å². The lowest BCUT2D eigenvalue weighted by Crippen LogP contribution is -2.45. The van der Waals surface area contributed by atoms with Gasteiger partial charge in [0.15, 0.2) is 0 Å². The van der Waals surface area contributed by atoms with Crippen molar-refractivity contribution in [3.8, 4) is 0 Å². The quantitative estimate of drug-likeness (QED) is 0.681. The van der Waals surface area contributed by atoms with E-state index < -0.39 is 0 Å². The minimum Gasteiger partial charge on any atom is -0.372 e. The molecule has 0 spiro atoms. The summed E-state index contributed by atoms with van der Waals surface area (Å²) in [5.74, 6) is -0.344. The summed E-state index contributed by atoms with van der Waals surface area (Å²) in [6.07, 6.45) is 0.444. The van der Waals surface area contributed by atoms with Crippen molar-refractivity contribution in [3.05, 3.63) is 77.6 Å². The minimum atomic E-state index is -0.266. The van der Waals surface area contributed by atoms with Gasteiger partial charge >= 0.3 is 0 Å². The molecule has 1 N–H and O–H groups in total. The highest BCUT2D eigenvalue weighted by Gasteiger charge is 2.24. The van der Waals surface area contributed by atoms with Crippen LogP contribution in [0.4, 0.5) is 10.1 Å². The smallest absolute Gasteiger partial charge is 0.224 e. The highest BCUT2D eigenvalue weighted by atomic mass is 19.1. The fraction of sp³-hybridized carbons (Fsp3) is 0.320. The Kier molecular flexibility index (Phi) is 6.00. The summed E-state index contributed by atoms with van der Waals surface area (Å²) in [6.45, 7) is 5.64. The van der Waals surface area contributed by atoms with E-state index in [1.54, 1.807) is 6.07 Å². The monoisotopic (exact) mass is 406 g/mol. The van der Waals surface area contributed by atoms with E-state index in [4.69, 9.17) is 4.74 Å². The van der Waals surface area contributed by atoms with E-state index in [0.29, 0.717) is 31.7 Å². The maximum atomic E-state index is 14.7. The number of fused-ring (bicyclic) bond motifs is 1. The lowest BCUT2D eigenvalue weighted by atomic mass is 10.0. The van der Waals surface area contributed by atoms with E-state index in [1.807, 2.05) is 61.2 Å². The number of anilines is 1. The first-order valence-electron chi connectivity index (χ1n) is 10.4. The number of halogens is 1. The predicted octanol–water partition coefficient (Wildman–Crippen LogP) is 4.45. The molecule has 0 aliphatic carbocycles. The van der Waals surface area contributed by atoms with Gasteiger partial charge in [-0.15, -0.1) is 0 Å². The molecule has 1 fully saturated rings. The summed E-state index contributed by atoms with van der Waals surface area (Å²) in [5, 5.41) is 5.17. The molecular weight excluding hydrogens is 379 g/mol. The summed E-state index contributed by atoms with van der Waals surface area (Å²) in [7, 11) is 0. The molecule has 0 saturated carbocycles. The lowest BCUT2D eigenvalue weighted by Gasteiger charge is -2.37. The van der Waals surface area contributed by atoms with Crippen LogP contribution in [0.15, 0.2) is 60.7 Å². The van der Waals surface area contributed by atoms with Crippen molar-refractivity contribution in [2.45, 2.75) is 39.0 Å². The van der Waals surface area contributed by atoms with Crippen molar-refractivity contribution in [1.82, 2.24) is 5.32 Å². The normalized spacial score (nSPS) is 19.1. The third-order valence-corrected chi connectivity index (χ3v) is 5.44. The molecule has 0 radical (unpaired) electrons. The third kappa shape index (κ3) is 4.79. The molecule has 5 heteroatoms. The minimum absolute atomic E-state index is 0.0715. The molecule has 0 bridgehead atoms. The standard InChI is InChI=1S/C25H27FN2O2/c1-17-15-28(16-18(2)30-17)24-10-8-20(12-23(24)26)14-27-25(29)13-19-7-9-21-5-3-4-6-22(21)11-19/h3-12,17-18H,13-16H2,1-2H3,(H,27,29). The Hall–Kier alpha value is -2.92. The van der Waals surface area contributed by atoms with Crippen molar-refractivity contribution in [2.24, 2.45) is 0 Å². The van der Waals surface area contributed by atoms with Gasteiger partial charge in [-0.25, -0.2) is 4.39 Å². The van der Waals surface area contributed by atoms with Crippen LogP contribution in [0.3, 0.4) is 0 Å². The first-order chi connectivity index (χ1) is 14.5. The summed E-state index contributed by atoms with van der Waals surface area (Å²) in [4.78, 5) is 14.4. The fourth-order valence-corrected chi connectivity index (χ4v) is 4.09. The number of hydrogen-bond acceptors (Lipinski definition) is 3. The van der Waals surface area contributed by atoms with Gasteiger partial charge in [0.2, 0.25) is 5.91 Å². The van der Waals surface area contributed by atoms with Crippen LogP contribution in [0.25, 0.3) is 10.8 Å². The molecule has 1 heterocycles. The van der Waals surface area contributed by atoms with E-state index in [9.17, 15) is 9.18 Å².